The van der Waals surface area contributed by atoms with Crippen molar-refractivity contribution in [3.63, 3.8) is 0 Å². The van der Waals surface area contributed by atoms with Crippen LogP contribution in [0.5, 0.6) is 0 Å². The lowest BCUT2D eigenvalue weighted by Crippen LogP contribution is -2.29. The SMILES string of the molecule is C/C=C\C(=C/CC(N=CN)=NCNC1C=C(CS(C)(=O)=O)C=CC1)OCCO. The molecule has 0 spiro atoms. The molecule has 1 atom stereocenters. The van der Waals surface area contributed by atoms with Gasteiger partial charge in [-0.05, 0) is 31.1 Å². The maximum Gasteiger partial charge on any atom is 0.151 e. The molecule has 4 N–H and O–H groups in total. The minimum absolute atomic E-state index is 0.00983. The predicted molar refractivity (Wildman–Crippen MR) is 114 cm³/mol. The molecule has 0 heterocycles. The Hall–Kier alpha value is -2.23. The van der Waals surface area contributed by atoms with Crippen LogP contribution in [0.2, 0.25) is 0 Å². The van der Waals surface area contributed by atoms with Gasteiger partial charge in [-0.3, -0.25) is 10.3 Å². The van der Waals surface area contributed by atoms with Gasteiger partial charge in [0, 0.05) is 18.7 Å². The minimum atomic E-state index is -3.06. The maximum atomic E-state index is 11.4. The number of rotatable bonds is 11. The highest BCUT2D eigenvalue weighted by atomic mass is 32.2. The van der Waals surface area contributed by atoms with E-state index >= 15 is 0 Å². The lowest BCUT2D eigenvalue weighted by Gasteiger charge is -2.17. The van der Waals surface area contributed by atoms with Crippen molar-refractivity contribution in [2.24, 2.45) is 15.7 Å². The van der Waals surface area contributed by atoms with Crippen molar-refractivity contribution in [2.45, 2.75) is 25.8 Å². The van der Waals surface area contributed by atoms with Gasteiger partial charge in [0.1, 0.15) is 18.2 Å². The standard InChI is InChI=1S/C19H30N4O4S/c1-3-5-18(27-11-10-24)8-9-19(21-14-20)23-15-22-17-7-4-6-16(12-17)13-28(2,25)26/h3-6,8,12,14,17,22,24H,7,9-11,13,15H2,1-2H3,(H2,20,21,23)/b5-3-,18-8+. The van der Waals surface area contributed by atoms with Crippen LogP contribution < -0.4 is 11.1 Å². The van der Waals surface area contributed by atoms with E-state index in [1.165, 1.54) is 12.6 Å². The van der Waals surface area contributed by atoms with Gasteiger partial charge >= 0.3 is 0 Å². The summed E-state index contributed by atoms with van der Waals surface area (Å²) in [4.78, 5) is 8.46. The summed E-state index contributed by atoms with van der Waals surface area (Å²) >= 11 is 0. The molecule has 1 aliphatic rings. The fourth-order valence-electron chi connectivity index (χ4n) is 2.48. The van der Waals surface area contributed by atoms with E-state index in [-0.39, 0.29) is 25.0 Å². The summed E-state index contributed by atoms with van der Waals surface area (Å²) in [7, 11) is -3.06. The highest BCUT2D eigenvalue weighted by molar-refractivity contribution is 7.90. The van der Waals surface area contributed by atoms with E-state index in [4.69, 9.17) is 15.6 Å². The Labute approximate surface area is 167 Å². The van der Waals surface area contributed by atoms with Gasteiger partial charge in [0.15, 0.2) is 9.84 Å². The van der Waals surface area contributed by atoms with Gasteiger partial charge in [-0.15, -0.1) is 0 Å². The molecule has 1 rings (SSSR count). The smallest absolute Gasteiger partial charge is 0.151 e. The van der Waals surface area contributed by atoms with Crippen LogP contribution in [-0.2, 0) is 14.6 Å². The van der Waals surface area contributed by atoms with E-state index in [0.29, 0.717) is 24.7 Å². The summed E-state index contributed by atoms with van der Waals surface area (Å²) in [5.41, 5.74) is 6.17. The zero-order chi connectivity index (χ0) is 20.8. The number of hydrogen-bond donors (Lipinski definition) is 3. The molecule has 1 unspecified atom stereocenters. The predicted octanol–water partition coefficient (Wildman–Crippen LogP) is 1.08. The summed E-state index contributed by atoms with van der Waals surface area (Å²) in [5.74, 6) is 1.17. The van der Waals surface area contributed by atoms with Crippen molar-refractivity contribution in [3.05, 3.63) is 47.8 Å². The number of allylic oxidation sites excluding steroid dienone is 3. The van der Waals surface area contributed by atoms with Crippen LogP contribution in [0, 0.1) is 0 Å². The number of aliphatic hydroxyl groups is 1. The molecule has 0 bridgehead atoms. The Morgan fingerprint density at radius 3 is 2.93 bits per heavy atom. The Kier molecular flexibility index (Phi) is 11.1. The van der Waals surface area contributed by atoms with E-state index in [0.717, 1.165) is 12.0 Å². The Bertz CT molecular complexity index is 765. The first-order valence-corrected chi connectivity index (χ1v) is 11.1. The molecule has 0 saturated heterocycles. The quantitative estimate of drug-likeness (QED) is 0.202. The van der Waals surface area contributed by atoms with Crippen molar-refractivity contribution in [3.8, 4) is 0 Å². The zero-order valence-electron chi connectivity index (χ0n) is 16.4. The maximum absolute atomic E-state index is 11.4. The zero-order valence-corrected chi connectivity index (χ0v) is 17.2. The summed E-state index contributed by atoms with van der Waals surface area (Å²) in [6.07, 6.45) is 14.7. The van der Waals surface area contributed by atoms with E-state index in [1.54, 1.807) is 6.08 Å². The van der Waals surface area contributed by atoms with Gasteiger partial charge in [0.2, 0.25) is 0 Å². The number of amidine groups is 1. The molecule has 1 aliphatic carbocycles. The highest BCUT2D eigenvalue weighted by Gasteiger charge is 2.12. The molecule has 0 aromatic heterocycles. The molecule has 28 heavy (non-hydrogen) atoms. The molecular weight excluding hydrogens is 380 g/mol. The lowest BCUT2D eigenvalue weighted by molar-refractivity contribution is 0.151. The summed E-state index contributed by atoms with van der Waals surface area (Å²) in [5, 5.41) is 12.1. The second-order valence-corrected chi connectivity index (χ2v) is 8.29. The highest BCUT2D eigenvalue weighted by Crippen LogP contribution is 2.12. The number of sulfone groups is 1. The molecule has 0 saturated carbocycles. The van der Waals surface area contributed by atoms with Crippen LogP contribution in [0.1, 0.15) is 19.8 Å². The summed E-state index contributed by atoms with van der Waals surface area (Å²) in [6, 6.07) is 0.00983. The normalized spacial score (nSPS) is 18.8. The number of hydrogen-bond acceptors (Lipinski definition) is 6. The third kappa shape index (κ3) is 10.8. The first-order valence-electron chi connectivity index (χ1n) is 9.00. The number of nitrogens with one attached hydrogen (secondary N) is 1. The van der Waals surface area contributed by atoms with Gasteiger partial charge < -0.3 is 15.6 Å². The minimum Gasteiger partial charge on any atom is -0.492 e. The van der Waals surface area contributed by atoms with Gasteiger partial charge in [-0.25, -0.2) is 13.4 Å². The number of nitrogens with zero attached hydrogens (tertiary/aromatic N) is 2. The van der Waals surface area contributed by atoms with Crippen molar-refractivity contribution in [1.29, 1.82) is 0 Å². The number of aliphatic hydroxyl groups excluding tert-OH is 1. The largest absolute Gasteiger partial charge is 0.492 e. The molecular formula is C19H30N4O4S. The molecule has 9 heteroatoms. The molecule has 0 fully saturated rings. The molecule has 156 valence electrons. The Morgan fingerprint density at radius 2 is 2.29 bits per heavy atom. The van der Waals surface area contributed by atoms with E-state index in [9.17, 15) is 8.42 Å². The first-order chi connectivity index (χ1) is 13.4. The van der Waals surface area contributed by atoms with Crippen molar-refractivity contribution in [1.82, 2.24) is 5.32 Å². The number of ether oxygens (including phenoxy) is 1. The van der Waals surface area contributed by atoms with Crippen molar-refractivity contribution in [2.75, 3.05) is 31.9 Å². The average Bonchev–Trinajstić information content (AvgIpc) is 2.62. The van der Waals surface area contributed by atoms with Crippen molar-refractivity contribution >= 4 is 22.0 Å². The topological polar surface area (TPSA) is 126 Å². The third-order valence-corrected chi connectivity index (χ3v) is 4.44. The average molecular weight is 411 g/mol. The molecule has 0 radical (unpaired) electrons. The van der Waals surface area contributed by atoms with Gasteiger partial charge in [0.05, 0.1) is 25.4 Å². The van der Waals surface area contributed by atoms with Gasteiger partial charge in [0.25, 0.3) is 0 Å². The second kappa shape index (κ2) is 13.0. The van der Waals surface area contributed by atoms with Crippen LogP contribution in [0.15, 0.2) is 57.8 Å². The van der Waals surface area contributed by atoms with Crippen LogP contribution >= 0.6 is 0 Å². The lowest BCUT2D eigenvalue weighted by atomic mass is 10.0. The summed E-state index contributed by atoms with van der Waals surface area (Å²) in [6.45, 7) is 2.34. The number of nitrogens with two attached hydrogens (primary N) is 1. The van der Waals surface area contributed by atoms with Crippen molar-refractivity contribution < 1.29 is 18.3 Å². The molecule has 0 amide bonds. The summed E-state index contributed by atoms with van der Waals surface area (Å²) < 4.78 is 28.3. The molecule has 0 aromatic carbocycles. The molecule has 0 aromatic rings. The van der Waals surface area contributed by atoms with E-state index < -0.39 is 9.84 Å². The van der Waals surface area contributed by atoms with Gasteiger partial charge in [-0.1, -0.05) is 24.3 Å². The van der Waals surface area contributed by atoms with Crippen LogP contribution in [0.4, 0.5) is 0 Å². The molecule has 8 nitrogen and oxygen atoms in total. The molecule has 0 aliphatic heterocycles. The van der Waals surface area contributed by atoms with Crippen LogP contribution in [0.25, 0.3) is 0 Å². The number of aliphatic imine (C=N–C) groups is 2. The van der Waals surface area contributed by atoms with Crippen LogP contribution in [0.3, 0.4) is 0 Å². The van der Waals surface area contributed by atoms with Gasteiger partial charge in [-0.2, -0.15) is 0 Å². The van der Waals surface area contributed by atoms with E-state index in [2.05, 4.69) is 15.3 Å². The Balaban J connectivity index is 2.68. The fourth-order valence-corrected chi connectivity index (χ4v) is 3.28. The van der Waals surface area contributed by atoms with E-state index in [1.807, 2.05) is 37.3 Å². The third-order valence-electron chi connectivity index (χ3n) is 3.58. The monoisotopic (exact) mass is 410 g/mol. The Morgan fingerprint density at radius 1 is 1.50 bits per heavy atom. The van der Waals surface area contributed by atoms with Crippen LogP contribution in [-0.4, -0.2) is 63.6 Å². The fraction of sp³-hybridized carbons (Fsp3) is 0.474. The first kappa shape index (κ1) is 23.8. The second-order valence-electron chi connectivity index (χ2n) is 6.15.